The first-order valence-corrected chi connectivity index (χ1v) is 12.7. The third-order valence-corrected chi connectivity index (χ3v) is 6.92. The van der Waals surface area contributed by atoms with E-state index in [0.29, 0.717) is 5.46 Å². The minimum atomic E-state index is -1.54. The van der Waals surface area contributed by atoms with Crippen molar-refractivity contribution in [2.45, 2.75) is 0 Å². The van der Waals surface area contributed by atoms with E-state index >= 15 is 0 Å². The highest BCUT2D eigenvalue weighted by atomic mass is 16.4. The van der Waals surface area contributed by atoms with Crippen LogP contribution in [-0.4, -0.2) is 17.2 Å². The second kappa shape index (κ2) is 10.4. The van der Waals surface area contributed by atoms with E-state index < -0.39 is 7.12 Å². The van der Waals surface area contributed by atoms with Gasteiger partial charge < -0.3 is 14.9 Å². The Labute approximate surface area is 223 Å². The highest BCUT2D eigenvalue weighted by molar-refractivity contribution is 6.62. The molecule has 0 radical (unpaired) electrons. The molecule has 6 rings (SSSR count). The third-order valence-electron chi connectivity index (χ3n) is 6.92. The zero-order valence-corrected chi connectivity index (χ0v) is 20.8. The van der Waals surface area contributed by atoms with Crippen LogP contribution < -0.4 is 10.4 Å². The van der Waals surface area contributed by atoms with Gasteiger partial charge in [0.25, 0.3) is 0 Å². The Morgan fingerprint density at radius 1 is 0.395 bits per heavy atom. The summed E-state index contributed by atoms with van der Waals surface area (Å²) in [5.74, 6) is 0. The summed E-state index contributed by atoms with van der Waals surface area (Å²) in [5, 5.41) is 21.8. The summed E-state index contributed by atoms with van der Waals surface area (Å²) in [7, 11) is -1.54. The summed E-state index contributed by atoms with van der Waals surface area (Å²) in [6, 6.07) is 49.4. The summed E-state index contributed by atoms with van der Waals surface area (Å²) < 4.78 is 0. The van der Waals surface area contributed by atoms with Crippen molar-refractivity contribution in [1.82, 2.24) is 0 Å². The summed E-state index contributed by atoms with van der Waals surface area (Å²) in [5.41, 5.74) is 8.12. The van der Waals surface area contributed by atoms with Gasteiger partial charge in [-0.25, -0.2) is 0 Å². The molecule has 0 saturated carbocycles. The van der Waals surface area contributed by atoms with Crippen molar-refractivity contribution in [3.63, 3.8) is 0 Å². The van der Waals surface area contributed by atoms with Crippen LogP contribution in [0.1, 0.15) is 0 Å². The molecule has 2 N–H and O–H groups in total. The largest absolute Gasteiger partial charge is 0.489 e. The SMILES string of the molecule is OB(O)c1ccc(N(c2ccc(-c3ccccc3)cc2)c2ccc(-c3ccccc3)cc2)c2ccccc12. The smallest absolute Gasteiger partial charge is 0.423 e. The molecule has 0 atom stereocenters. The lowest BCUT2D eigenvalue weighted by atomic mass is 9.77. The lowest BCUT2D eigenvalue weighted by Gasteiger charge is -2.28. The van der Waals surface area contributed by atoms with Crippen molar-refractivity contribution in [3.05, 3.63) is 146 Å². The molecule has 0 heterocycles. The highest BCUT2D eigenvalue weighted by Gasteiger charge is 2.20. The van der Waals surface area contributed by atoms with Crippen molar-refractivity contribution in [1.29, 1.82) is 0 Å². The van der Waals surface area contributed by atoms with Gasteiger partial charge in [-0.3, -0.25) is 0 Å². The second-order valence-corrected chi connectivity index (χ2v) is 9.25. The van der Waals surface area contributed by atoms with Crippen LogP contribution in [0.2, 0.25) is 0 Å². The molecular formula is C34H26BNO2. The van der Waals surface area contributed by atoms with Gasteiger partial charge in [-0.15, -0.1) is 0 Å². The number of nitrogens with zero attached hydrogens (tertiary/aromatic N) is 1. The lowest BCUT2D eigenvalue weighted by Crippen LogP contribution is -2.30. The van der Waals surface area contributed by atoms with Crippen molar-refractivity contribution < 1.29 is 10.0 Å². The van der Waals surface area contributed by atoms with E-state index in [-0.39, 0.29) is 0 Å². The van der Waals surface area contributed by atoms with Gasteiger partial charge in [0, 0.05) is 16.8 Å². The first-order chi connectivity index (χ1) is 18.7. The predicted octanol–water partition coefficient (Wildman–Crippen LogP) is 7.32. The van der Waals surface area contributed by atoms with Crippen LogP contribution in [0, 0.1) is 0 Å². The molecule has 0 spiro atoms. The predicted molar refractivity (Wildman–Crippen MR) is 159 cm³/mol. The molecule has 3 nitrogen and oxygen atoms in total. The molecule has 38 heavy (non-hydrogen) atoms. The maximum atomic E-state index is 10.0. The zero-order valence-electron chi connectivity index (χ0n) is 20.8. The van der Waals surface area contributed by atoms with Crippen LogP contribution in [-0.2, 0) is 0 Å². The first-order valence-electron chi connectivity index (χ1n) is 12.7. The van der Waals surface area contributed by atoms with Crippen LogP contribution in [0.25, 0.3) is 33.0 Å². The Balaban J connectivity index is 1.50. The van der Waals surface area contributed by atoms with E-state index in [1.54, 1.807) is 6.07 Å². The topological polar surface area (TPSA) is 43.7 Å². The fourth-order valence-electron chi connectivity index (χ4n) is 5.02. The van der Waals surface area contributed by atoms with Crippen molar-refractivity contribution in [3.8, 4) is 22.3 Å². The Morgan fingerprint density at radius 3 is 1.29 bits per heavy atom. The molecule has 0 unspecified atom stereocenters. The molecular weight excluding hydrogens is 465 g/mol. The molecule has 0 aliphatic rings. The Hall–Kier alpha value is -4.64. The number of rotatable bonds is 6. The summed E-state index contributed by atoms with van der Waals surface area (Å²) in [6.45, 7) is 0. The minimum absolute atomic E-state index is 0.489. The van der Waals surface area contributed by atoms with Crippen LogP contribution >= 0.6 is 0 Å². The van der Waals surface area contributed by atoms with E-state index in [1.807, 2.05) is 66.7 Å². The summed E-state index contributed by atoms with van der Waals surface area (Å²) >= 11 is 0. The van der Waals surface area contributed by atoms with Crippen LogP contribution in [0.5, 0.6) is 0 Å². The van der Waals surface area contributed by atoms with Crippen LogP contribution in [0.4, 0.5) is 17.1 Å². The first kappa shape index (κ1) is 23.7. The van der Waals surface area contributed by atoms with E-state index in [0.717, 1.165) is 39.0 Å². The van der Waals surface area contributed by atoms with Gasteiger partial charge in [-0.05, 0) is 63.4 Å². The van der Waals surface area contributed by atoms with Crippen LogP contribution in [0.15, 0.2) is 146 Å². The van der Waals surface area contributed by atoms with Gasteiger partial charge in [-0.1, -0.05) is 115 Å². The second-order valence-electron chi connectivity index (χ2n) is 9.25. The normalized spacial score (nSPS) is 10.9. The standard InChI is InChI=1S/C34H26BNO2/c37-35(38)33-23-24-34(32-14-8-7-13-31(32)33)36(29-19-15-27(16-20-29)25-9-3-1-4-10-25)30-21-17-28(18-22-30)26-11-5-2-6-12-26/h1-24,37-38H. The molecule has 0 aliphatic heterocycles. The molecule has 0 aliphatic carbocycles. The summed E-state index contributed by atoms with van der Waals surface area (Å²) in [4.78, 5) is 2.22. The molecule has 0 amide bonds. The molecule has 6 aromatic carbocycles. The van der Waals surface area contributed by atoms with Gasteiger partial charge in [0.1, 0.15) is 0 Å². The Morgan fingerprint density at radius 2 is 0.816 bits per heavy atom. The van der Waals surface area contributed by atoms with E-state index in [1.165, 1.54) is 11.1 Å². The van der Waals surface area contributed by atoms with Gasteiger partial charge in [0.05, 0.1) is 5.69 Å². The fourth-order valence-corrected chi connectivity index (χ4v) is 5.02. The Kier molecular flexibility index (Phi) is 6.49. The monoisotopic (exact) mass is 491 g/mol. The number of benzene rings is 6. The molecule has 182 valence electrons. The minimum Gasteiger partial charge on any atom is -0.423 e. The number of anilines is 3. The van der Waals surface area contributed by atoms with Gasteiger partial charge >= 0.3 is 7.12 Å². The molecule has 4 heteroatoms. The number of fused-ring (bicyclic) bond motifs is 1. The summed E-state index contributed by atoms with van der Waals surface area (Å²) in [6.07, 6.45) is 0. The van der Waals surface area contributed by atoms with E-state index in [9.17, 15) is 10.0 Å². The van der Waals surface area contributed by atoms with E-state index in [4.69, 9.17) is 0 Å². The van der Waals surface area contributed by atoms with Crippen molar-refractivity contribution >= 4 is 40.4 Å². The number of hydrogen-bond acceptors (Lipinski definition) is 3. The van der Waals surface area contributed by atoms with Crippen molar-refractivity contribution in [2.75, 3.05) is 4.90 Å². The van der Waals surface area contributed by atoms with Crippen molar-refractivity contribution in [2.24, 2.45) is 0 Å². The lowest BCUT2D eigenvalue weighted by molar-refractivity contribution is 0.426. The Bertz CT molecular complexity index is 1580. The maximum absolute atomic E-state index is 10.0. The molecule has 6 aromatic rings. The fraction of sp³-hybridized carbons (Fsp3) is 0. The van der Waals surface area contributed by atoms with Gasteiger partial charge in [0.2, 0.25) is 0 Å². The molecule has 0 fully saturated rings. The zero-order chi connectivity index (χ0) is 25.9. The number of hydrogen-bond donors (Lipinski definition) is 2. The highest BCUT2D eigenvalue weighted by Crippen LogP contribution is 2.39. The van der Waals surface area contributed by atoms with Crippen LogP contribution in [0.3, 0.4) is 0 Å². The maximum Gasteiger partial charge on any atom is 0.489 e. The third kappa shape index (κ3) is 4.59. The van der Waals surface area contributed by atoms with Gasteiger partial charge in [-0.2, -0.15) is 0 Å². The van der Waals surface area contributed by atoms with E-state index in [2.05, 4.69) is 77.7 Å². The quantitative estimate of drug-likeness (QED) is 0.240. The average Bonchev–Trinajstić information content (AvgIpc) is 2.99. The average molecular weight is 491 g/mol. The molecule has 0 aromatic heterocycles. The molecule has 0 saturated heterocycles. The van der Waals surface area contributed by atoms with Gasteiger partial charge in [0.15, 0.2) is 0 Å². The molecule has 0 bridgehead atoms.